The molecule has 4 aromatic rings. The first-order valence-electron chi connectivity index (χ1n) is 9.49. The maximum Gasteiger partial charge on any atom is 0.411 e. The number of anilines is 3. The Morgan fingerprint density at radius 3 is 2.86 bits per heavy atom. The van der Waals surface area contributed by atoms with E-state index in [0.29, 0.717) is 23.1 Å². The minimum atomic E-state index is -0.544. The van der Waals surface area contributed by atoms with E-state index < -0.39 is 6.09 Å². The van der Waals surface area contributed by atoms with Crippen LogP contribution in [-0.2, 0) is 4.74 Å². The van der Waals surface area contributed by atoms with Gasteiger partial charge in [-0.15, -0.1) is 0 Å². The van der Waals surface area contributed by atoms with Gasteiger partial charge in [0.05, 0.1) is 23.8 Å². The van der Waals surface area contributed by atoms with Gasteiger partial charge in [-0.1, -0.05) is 18.2 Å². The lowest BCUT2D eigenvalue weighted by Crippen LogP contribution is -2.11. The zero-order valence-electron chi connectivity index (χ0n) is 16.1. The van der Waals surface area contributed by atoms with Crippen molar-refractivity contribution in [3.63, 3.8) is 0 Å². The number of imidazole rings is 1. The molecule has 1 aliphatic rings. The molecular weight excluding hydrogens is 368 g/mol. The summed E-state index contributed by atoms with van der Waals surface area (Å²) in [5, 5.41) is 6.97. The van der Waals surface area contributed by atoms with E-state index in [2.05, 4.69) is 30.6 Å². The Morgan fingerprint density at radius 2 is 2.07 bits per heavy atom. The SMILES string of the molecule is COC(=O)Nc1cc(Nc2ncc3cccc(C)c3n2)cc2[nH]c(C3CC3)nc12. The molecule has 1 fully saturated rings. The second-order valence-corrected chi connectivity index (χ2v) is 7.26. The topological polar surface area (TPSA) is 105 Å². The van der Waals surface area contributed by atoms with Crippen LogP contribution in [0.1, 0.15) is 30.1 Å². The number of aryl methyl sites for hydroxylation is 1. The van der Waals surface area contributed by atoms with Gasteiger partial charge in [-0.3, -0.25) is 5.32 Å². The fourth-order valence-corrected chi connectivity index (χ4v) is 3.41. The van der Waals surface area contributed by atoms with Crippen molar-refractivity contribution in [3.8, 4) is 0 Å². The number of hydrogen-bond acceptors (Lipinski definition) is 6. The molecule has 5 rings (SSSR count). The van der Waals surface area contributed by atoms with Gasteiger partial charge in [-0.2, -0.15) is 0 Å². The van der Waals surface area contributed by atoms with Crippen LogP contribution in [0.25, 0.3) is 21.9 Å². The summed E-state index contributed by atoms with van der Waals surface area (Å²) in [6.07, 6.45) is 3.52. The van der Waals surface area contributed by atoms with E-state index in [-0.39, 0.29) is 0 Å². The molecule has 0 saturated heterocycles. The number of H-pyrrole nitrogens is 1. The van der Waals surface area contributed by atoms with Gasteiger partial charge in [0.1, 0.15) is 11.3 Å². The Balaban J connectivity index is 1.55. The van der Waals surface area contributed by atoms with Gasteiger partial charge < -0.3 is 15.0 Å². The number of para-hydroxylation sites is 1. The largest absolute Gasteiger partial charge is 0.453 e. The second kappa shape index (κ2) is 6.73. The molecule has 0 atom stereocenters. The lowest BCUT2D eigenvalue weighted by Gasteiger charge is -2.10. The first kappa shape index (κ1) is 17.4. The lowest BCUT2D eigenvalue weighted by atomic mass is 10.1. The van der Waals surface area contributed by atoms with E-state index >= 15 is 0 Å². The van der Waals surface area contributed by atoms with Crippen molar-refractivity contribution in [1.82, 2.24) is 19.9 Å². The highest BCUT2D eigenvalue weighted by Crippen LogP contribution is 2.40. The van der Waals surface area contributed by atoms with Gasteiger partial charge in [0, 0.05) is 23.2 Å². The van der Waals surface area contributed by atoms with Crippen LogP contribution in [0.3, 0.4) is 0 Å². The molecule has 2 aromatic heterocycles. The number of aromatic amines is 1. The number of nitrogens with zero attached hydrogens (tertiary/aromatic N) is 3. The van der Waals surface area contributed by atoms with Crippen molar-refractivity contribution in [2.45, 2.75) is 25.7 Å². The quantitative estimate of drug-likeness (QED) is 0.471. The number of benzene rings is 2. The minimum Gasteiger partial charge on any atom is -0.453 e. The predicted molar refractivity (Wildman–Crippen MR) is 112 cm³/mol. The van der Waals surface area contributed by atoms with Gasteiger partial charge in [-0.25, -0.2) is 19.7 Å². The summed E-state index contributed by atoms with van der Waals surface area (Å²) in [7, 11) is 1.33. The van der Waals surface area contributed by atoms with Crippen LogP contribution >= 0.6 is 0 Å². The maximum absolute atomic E-state index is 11.8. The summed E-state index contributed by atoms with van der Waals surface area (Å²) in [6.45, 7) is 2.02. The van der Waals surface area contributed by atoms with E-state index in [4.69, 9.17) is 4.74 Å². The third-order valence-corrected chi connectivity index (χ3v) is 5.06. The molecule has 3 N–H and O–H groups in total. The number of nitrogens with one attached hydrogen (secondary N) is 3. The highest BCUT2D eigenvalue weighted by atomic mass is 16.5. The Labute approximate surface area is 166 Å². The number of ether oxygens (including phenoxy) is 1. The van der Waals surface area contributed by atoms with Gasteiger partial charge in [0.2, 0.25) is 5.95 Å². The van der Waals surface area contributed by atoms with Crippen LogP contribution in [0.2, 0.25) is 0 Å². The summed E-state index contributed by atoms with van der Waals surface area (Å²) in [4.78, 5) is 28.9. The molecule has 0 radical (unpaired) electrons. The number of methoxy groups -OCH3 is 1. The van der Waals surface area contributed by atoms with Gasteiger partial charge in [0.25, 0.3) is 0 Å². The van der Waals surface area contributed by atoms with Crippen molar-refractivity contribution in [3.05, 3.63) is 47.9 Å². The Bertz CT molecular complexity index is 1240. The number of aromatic nitrogens is 4. The fraction of sp³-hybridized carbons (Fsp3) is 0.238. The van der Waals surface area contributed by atoms with E-state index in [1.165, 1.54) is 7.11 Å². The van der Waals surface area contributed by atoms with Crippen LogP contribution in [0.5, 0.6) is 0 Å². The number of carbonyl (C=O) groups excluding carboxylic acids is 1. The summed E-state index contributed by atoms with van der Waals surface area (Å²) in [5.74, 6) is 1.90. The van der Waals surface area contributed by atoms with Crippen LogP contribution in [0.15, 0.2) is 36.5 Å². The number of amides is 1. The normalized spacial score (nSPS) is 13.6. The highest BCUT2D eigenvalue weighted by Gasteiger charge is 2.27. The first-order chi connectivity index (χ1) is 14.1. The van der Waals surface area contributed by atoms with Crippen LogP contribution in [0, 0.1) is 6.92 Å². The average molecular weight is 388 g/mol. The molecule has 29 heavy (non-hydrogen) atoms. The van der Waals surface area contributed by atoms with Crippen LogP contribution in [-0.4, -0.2) is 33.1 Å². The Morgan fingerprint density at radius 1 is 1.21 bits per heavy atom. The van der Waals surface area contributed by atoms with Gasteiger partial charge in [-0.05, 0) is 37.5 Å². The average Bonchev–Trinajstić information content (AvgIpc) is 3.48. The van der Waals surface area contributed by atoms with E-state index in [9.17, 15) is 4.79 Å². The van der Waals surface area contributed by atoms with E-state index in [1.807, 2.05) is 37.3 Å². The summed E-state index contributed by atoms with van der Waals surface area (Å²) < 4.78 is 4.76. The van der Waals surface area contributed by atoms with Crippen LogP contribution < -0.4 is 10.6 Å². The van der Waals surface area contributed by atoms with Crippen molar-refractivity contribution in [2.75, 3.05) is 17.7 Å². The third-order valence-electron chi connectivity index (χ3n) is 5.06. The van der Waals surface area contributed by atoms with Crippen molar-refractivity contribution < 1.29 is 9.53 Å². The zero-order chi connectivity index (χ0) is 20.0. The molecule has 2 heterocycles. The molecule has 0 spiro atoms. The number of rotatable bonds is 4. The van der Waals surface area contributed by atoms with Gasteiger partial charge in [0.15, 0.2) is 0 Å². The predicted octanol–water partition coefficient (Wildman–Crippen LogP) is 4.61. The van der Waals surface area contributed by atoms with Crippen LogP contribution in [0.4, 0.5) is 22.1 Å². The fourth-order valence-electron chi connectivity index (χ4n) is 3.41. The second-order valence-electron chi connectivity index (χ2n) is 7.26. The molecule has 8 nitrogen and oxygen atoms in total. The Kier molecular flexibility index (Phi) is 4.04. The molecular formula is C21H20N6O2. The monoisotopic (exact) mass is 388 g/mol. The van der Waals surface area contributed by atoms with E-state index in [0.717, 1.165) is 46.3 Å². The number of hydrogen-bond donors (Lipinski definition) is 3. The molecule has 0 aliphatic heterocycles. The minimum absolute atomic E-state index is 0.469. The summed E-state index contributed by atoms with van der Waals surface area (Å²) in [5.41, 5.74) is 4.83. The highest BCUT2D eigenvalue weighted by molar-refractivity contribution is 5.99. The first-order valence-corrected chi connectivity index (χ1v) is 9.49. The Hall–Kier alpha value is -3.68. The van der Waals surface area contributed by atoms with Crippen molar-refractivity contribution in [1.29, 1.82) is 0 Å². The standard InChI is InChI=1S/C21H20N6O2/c1-11-4-3-5-13-10-22-20(27-17(11)13)23-14-8-15-18(16(9-14)25-21(28)29-2)26-19(24-15)12-6-7-12/h3-5,8-10,12H,6-7H2,1-2H3,(H,24,26)(H,25,28)(H,22,23,27). The molecule has 2 aromatic carbocycles. The third kappa shape index (κ3) is 3.33. The molecule has 1 amide bonds. The van der Waals surface area contributed by atoms with E-state index in [1.54, 1.807) is 6.20 Å². The number of carbonyl (C=O) groups is 1. The maximum atomic E-state index is 11.8. The number of fused-ring (bicyclic) bond motifs is 2. The lowest BCUT2D eigenvalue weighted by molar-refractivity contribution is 0.187. The molecule has 1 saturated carbocycles. The summed E-state index contributed by atoms with van der Waals surface area (Å²) >= 11 is 0. The molecule has 8 heteroatoms. The smallest absolute Gasteiger partial charge is 0.411 e. The molecule has 146 valence electrons. The molecule has 0 bridgehead atoms. The van der Waals surface area contributed by atoms with Gasteiger partial charge >= 0.3 is 6.09 Å². The molecule has 0 unspecified atom stereocenters. The van der Waals surface area contributed by atoms with Crippen molar-refractivity contribution >= 4 is 45.4 Å². The zero-order valence-corrected chi connectivity index (χ0v) is 16.1. The summed E-state index contributed by atoms with van der Waals surface area (Å²) in [6, 6.07) is 9.75. The van der Waals surface area contributed by atoms with Crippen molar-refractivity contribution in [2.24, 2.45) is 0 Å². The molecule has 1 aliphatic carbocycles.